The average molecular weight is 1620 g/mol. The number of nitrogens with zero attached hydrogens (tertiary/aromatic N) is 12. The quantitative estimate of drug-likeness (QED) is 0.0342. The Kier molecular flexibility index (Phi) is 22.0. The number of phosphoric acid groups is 3. The molecule has 5 N–H and O–H groups in total. The monoisotopic (exact) mass is 1620 g/mol. The van der Waals surface area contributed by atoms with Gasteiger partial charge in [0.2, 0.25) is 35.5 Å². The Balaban J connectivity index is 0.000000155. The van der Waals surface area contributed by atoms with Crippen LogP contribution in [-0.4, -0.2) is 177 Å². The minimum absolute atomic E-state index is 0.0737. The number of nitrogens with one attached hydrogen (secondary N) is 1. The van der Waals surface area contributed by atoms with E-state index in [1.165, 1.54) is 23.5 Å². The molecule has 6 saturated heterocycles. The summed E-state index contributed by atoms with van der Waals surface area (Å²) in [4.78, 5) is 38.3. The molecule has 0 radical (unpaired) electrons. The molecular weight excluding hydrogens is 1540 g/mol. The van der Waals surface area contributed by atoms with Crippen LogP contribution in [-0.2, 0) is 74.2 Å². The first-order chi connectivity index (χ1) is 52.4. The van der Waals surface area contributed by atoms with Crippen LogP contribution in [0.3, 0.4) is 0 Å². The molecule has 0 spiro atoms. The standard InChI is InChI=1S/C36H38F2N5O7P.2C16H22F2N5O6P/c1-6-46-30-28-29(43(22-39-28)32-34(4,37)31-35(38,48-32)21-47-51(44,50-31)49-23(2)3)40-33(41-30)42-36(24-13-9-7-10-14-24,25-15-11-8-12-16-25)26-17-19-27(45-5)20-18-26;2*1-5-25-11-9-10(21-14(19)22-11)23(7-20-9)13-15(4,17)12-16(18,27-13)6-26-30(24,29-12)28-8(2)3/h7-20,22-23,31-32H,6,21H2,1-5H3,(H,40,41,42);2*7-8,12-13H,5-6H2,1-4H3,(H2,19,21,22)/t31-,32+,34+,35+,51?;12-,13+,15+,16+,30+;12-,13+,15+,16+,30-/m000/s1. The maximum atomic E-state index is 16.9. The van der Waals surface area contributed by atoms with Crippen LogP contribution < -0.4 is 35.7 Å². The summed E-state index contributed by atoms with van der Waals surface area (Å²) in [7, 11) is -11.1. The van der Waals surface area contributed by atoms with E-state index in [4.69, 9.17) is 95.3 Å². The summed E-state index contributed by atoms with van der Waals surface area (Å²) in [6, 6.07) is 27.2. The molecule has 1 unspecified atom stereocenters. The number of anilines is 3. The van der Waals surface area contributed by atoms with E-state index in [9.17, 15) is 13.7 Å². The molecule has 0 aliphatic carbocycles. The number of hydrogen-bond donors (Lipinski definition) is 3. The van der Waals surface area contributed by atoms with Crippen molar-refractivity contribution in [3.8, 4) is 23.4 Å². The summed E-state index contributed by atoms with van der Waals surface area (Å²) in [5.41, 5.74) is 6.12. The van der Waals surface area contributed by atoms with E-state index in [1.807, 2.05) is 84.9 Å². The van der Waals surface area contributed by atoms with Crippen LogP contribution in [0.2, 0.25) is 0 Å². The average Bonchev–Trinajstić information content (AvgIpc) is 1.59. The van der Waals surface area contributed by atoms with Crippen LogP contribution in [0.4, 0.5) is 44.2 Å². The van der Waals surface area contributed by atoms with Gasteiger partial charge in [-0.1, -0.05) is 72.8 Å². The van der Waals surface area contributed by atoms with Crippen molar-refractivity contribution in [1.82, 2.24) is 58.6 Å². The van der Waals surface area contributed by atoms with Gasteiger partial charge in [-0.25, -0.2) is 55.0 Å². The predicted molar refractivity (Wildman–Crippen MR) is 382 cm³/mol. The number of fused-ring (bicyclic) bond motifs is 6. The Morgan fingerprint density at radius 2 is 0.802 bits per heavy atom. The molecule has 0 bridgehead atoms. The molecule has 0 amide bonds. The van der Waals surface area contributed by atoms with Gasteiger partial charge >= 0.3 is 23.5 Å². The molecule has 6 aliphatic heterocycles. The lowest BCUT2D eigenvalue weighted by molar-refractivity contribution is -0.220. The third-order valence-electron chi connectivity index (χ3n) is 18.1. The lowest BCUT2D eigenvalue weighted by atomic mass is 9.77. The van der Waals surface area contributed by atoms with Gasteiger partial charge < -0.3 is 49.9 Å². The molecule has 6 aliphatic rings. The Labute approximate surface area is 630 Å². The second-order valence-electron chi connectivity index (χ2n) is 27.5. The van der Waals surface area contributed by atoms with Crippen molar-refractivity contribution >= 4 is 74.8 Å². The van der Waals surface area contributed by atoms with E-state index in [1.54, 1.807) is 69.4 Å². The normalized spacial score (nSPS) is 31.7. The zero-order chi connectivity index (χ0) is 79.8. The molecule has 34 nitrogen and oxygen atoms in total. The van der Waals surface area contributed by atoms with Gasteiger partial charge in [0.15, 0.2) is 87.5 Å². The molecule has 15 rings (SSSR count). The van der Waals surface area contributed by atoms with E-state index in [0.717, 1.165) is 46.6 Å². The summed E-state index contributed by atoms with van der Waals surface area (Å²) >= 11 is 0. The Bertz CT molecular complexity index is 4830. The van der Waals surface area contributed by atoms with Crippen molar-refractivity contribution in [2.45, 2.75) is 179 Å². The number of aromatic nitrogens is 12. The van der Waals surface area contributed by atoms with Crippen molar-refractivity contribution in [2.75, 3.05) is 63.5 Å². The highest BCUT2D eigenvalue weighted by Gasteiger charge is 2.73. The van der Waals surface area contributed by atoms with E-state index in [2.05, 4.69) is 40.2 Å². The van der Waals surface area contributed by atoms with Gasteiger partial charge in [0, 0.05) is 0 Å². The first kappa shape index (κ1) is 80.7. The highest BCUT2D eigenvalue weighted by atomic mass is 31.2. The van der Waals surface area contributed by atoms with Crippen LogP contribution in [0, 0.1) is 0 Å². The smallest absolute Gasteiger partial charge is 0.475 e. The first-order valence-corrected chi connectivity index (χ1v) is 39.5. The predicted octanol–water partition coefficient (Wildman–Crippen LogP) is 12.9. The van der Waals surface area contributed by atoms with E-state index >= 15 is 26.3 Å². The molecule has 9 aromatic rings. The lowest BCUT2D eigenvalue weighted by Crippen LogP contribution is -2.51. The van der Waals surface area contributed by atoms with Crippen LogP contribution in [0.5, 0.6) is 23.4 Å². The van der Waals surface area contributed by atoms with Crippen molar-refractivity contribution in [1.29, 1.82) is 0 Å². The zero-order valence-electron chi connectivity index (χ0n) is 62.1. The summed E-state index contributed by atoms with van der Waals surface area (Å²) in [5.74, 6) is -7.47. The summed E-state index contributed by atoms with van der Waals surface area (Å²) < 4.78 is 223. The van der Waals surface area contributed by atoms with Crippen molar-refractivity contribution in [3.05, 3.63) is 121 Å². The molecule has 12 heterocycles. The van der Waals surface area contributed by atoms with Gasteiger partial charge in [-0.3, -0.25) is 54.4 Å². The van der Waals surface area contributed by atoms with Gasteiger partial charge in [-0.2, -0.15) is 29.9 Å². The van der Waals surface area contributed by atoms with Gasteiger partial charge in [0.1, 0.15) is 31.1 Å². The minimum Gasteiger partial charge on any atom is -0.497 e. The number of benzene rings is 3. The molecule has 0 saturated carbocycles. The third kappa shape index (κ3) is 15.1. The van der Waals surface area contributed by atoms with Crippen molar-refractivity contribution in [3.63, 3.8) is 0 Å². The maximum absolute atomic E-state index is 16.9. The fourth-order valence-electron chi connectivity index (χ4n) is 13.6. The number of nitrogens with two attached hydrogens (primary N) is 2. The topological polar surface area (TPSA) is 394 Å². The number of ether oxygens (including phenoxy) is 7. The van der Waals surface area contributed by atoms with Crippen LogP contribution in [0.1, 0.15) is 118 Å². The van der Waals surface area contributed by atoms with E-state index in [0.29, 0.717) is 5.75 Å². The molecule has 6 fully saturated rings. The Hall–Kier alpha value is -8.30. The zero-order valence-corrected chi connectivity index (χ0v) is 64.8. The molecule has 3 aromatic carbocycles. The number of rotatable bonds is 21. The molecule has 15 atom stereocenters. The number of phosphoric ester groups is 3. The number of alkyl halides is 6. The largest absolute Gasteiger partial charge is 0.497 e. The maximum Gasteiger partial charge on any atom is 0.475 e. The van der Waals surface area contributed by atoms with Crippen LogP contribution in [0.25, 0.3) is 33.5 Å². The highest BCUT2D eigenvalue weighted by molar-refractivity contribution is 7.49. The Morgan fingerprint density at radius 1 is 0.486 bits per heavy atom. The second kappa shape index (κ2) is 30.2. The van der Waals surface area contributed by atoms with Gasteiger partial charge in [0.25, 0.3) is 17.6 Å². The molecule has 111 heavy (non-hydrogen) atoms. The van der Waals surface area contributed by atoms with Crippen LogP contribution >= 0.6 is 23.5 Å². The fourth-order valence-corrected chi connectivity index (χ4v) is 18.5. The number of imidazole rings is 3. The highest BCUT2D eigenvalue weighted by Crippen LogP contribution is 2.67. The fraction of sp³-hybridized carbons (Fsp3) is 0.515. The second-order valence-corrected chi connectivity index (χ2v) is 32.3. The number of nitrogen functional groups attached to an aromatic ring is 2. The molecular formula is C68H82F6N15O19P3. The van der Waals surface area contributed by atoms with Crippen molar-refractivity contribution in [2.24, 2.45) is 0 Å². The number of methoxy groups -OCH3 is 1. The lowest BCUT2D eigenvalue weighted by Gasteiger charge is -2.37. The molecule has 600 valence electrons. The van der Waals surface area contributed by atoms with Crippen molar-refractivity contribution < 1.29 is 114 Å². The van der Waals surface area contributed by atoms with Gasteiger partial charge in [0.05, 0.1) is 64.2 Å². The summed E-state index contributed by atoms with van der Waals surface area (Å²) in [6.07, 6.45) is -8.63. The first-order valence-electron chi connectivity index (χ1n) is 35.1. The number of halogens is 6. The summed E-state index contributed by atoms with van der Waals surface area (Å²) in [6.45, 7) is 16.3. The van der Waals surface area contributed by atoms with Crippen LogP contribution in [0.15, 0.2) is 104 Å². The van der Waals surface area contributed by atoms with E-state index < -0.39 is 139 Å². The number of hydrogen-bond acceptors (Lipinski definition) is 31. The Morgan fingerprint density at radius 3 is 1.12 bits per heavy atom. The SMILES string of the molecule is CCOc1nc(N)nc2c1ncn2[C@@H]1O[C@]2(F)CO[P@@](=O)(OC(C)C)O[C@H]2[C@@]1(C)F.CCOc1nc(N)nc2c1ncn2[C@@H]1O[C@]2(F)CO[P@](=O)(OC(C)C)O[C@H]2[C@@]1(C)F.CCOc1nc(NC(c2ccccc2)(c2ccccc2)c2ccc(OC)cc2)nc2c1ncn2[C@@H]1O[C@]2(F)COP(=O)(OC(C)C)O[C@H]2[C@@]1(C)F. The molecule has 6 aromatic heterocycles. The van der Waals surface area contributed by atoms with Gasteiger partial charge in [-0.15, -0.1) is 0 Å². The van der Waals surface area contributed by atoms with Gasteiger partial charge in [-0.05, 0) is 112 Å². The summed E-state index contributed by atoms with van der Waals surface area (Å²) in [5, 5.41) is 3.59. The third-order valence-corrected chi connectivity index (χ3v) is 22.9. The minimum atomic E-state index is -4.30. The molecule has 43 heteroatoms. The van der Waals surface area contributed by atoms with E-state index in [-0.39, 0.29) is 88.8 Å².